The van der Waals surface area contributed by atoms with Crippen molar-refractivity contribution in [3.8, 4) is 11.3 Å². The van der Waals surface area contributed by atoms with Crippen molar-refractivity contribution in [2.24, 2.45) is 0 Å². The first-order chi connectivity index (χ1) is 14.2. The molecule has 0 radical (unpaired) electrons. The van der Waals surface area contributed by atoms with Crippen molar-refractivity contribution in [3.63, 3.8) is 0 Å². The van der Waals surface area contributed by atoms with Gasteiger partial charge in [-0.05, 0) is 30.3 Å². The summed E-state index contributed by atoms with van der Waals surface area (Å²) < 4.78 is 41.7. The molecule has 0 bridgehead atoms. The molecule has 3 N–H and O–H groups in total. The number of alkyl halides is 3. The van der Waals surface area contributed by atoms with Crippen LogP contribution in [0.1, 0.15) is 20.9 Å². The van der Waals surface area contributed by atoms with E-state index < -0.39 is 28.6 Å². The molecule has 0 aliphatic heterocycles. The summed E-state index contributed by atoms with van der Waals surface area (Å²) >= 11 is 7.09. The van der Waals surface area contributed by atoms with Crippen LogP contribution in [0.15, 0.2) is 47.4 Å². The van der Waals surface area contributed by atoms with Gasteiger partial charge in [0.05, 0.1) is 27.7 Å². The normalized spacial score (nSPS) is 11.7. The minimum absolute atomic E-state index is 0.126. The van der Waals surface area contributed by atoms with Crippen molar-refractivity contribution in [3.05, 3.63) is 73.3 Å². The van der Waals surface area contributed by atoms with Crippen LogP contribution in [0.2, 0.25) is 4.34 Å². The molecule has 11 heteroatoms. The molecule has 154 valence electrons. The Morgan fingerprint density at radius 1 is 1.20 bits per heavy atom. The van der Waals surface area contributed by atoms with Crippen LogP contribution >= 0.6 is 22.9 Å². The lowest BCUT2D eigenvalue weighted by Gasteiger charge is -2.13. The number of carbonyl (C=O) groups is 1. The monoisotopic (exact) mass is 452 g/mol. The maximum Gasteiger partial charge on any atom is 0.418 e. The van der Waals surface area contributed by atoms with Crippen LogP contribution in [0, 0.1) is 0 Å². The molecule has 0 atom stereocenters. The molecule has 1 aromatic carbocycles. The van der Waals surface area contributed by atoms with E-state index in [1.165, 1.54) is 29.7 Å². The number of aromatic nitrogens is 3. The third-order valence-electron chi connectivity index (χ3n) is 4.35. The molecule has 0 aliphatic carbocycles. The summed E-state index contributed by atoms with van der Waals surface area (Å²) in [5, 5.41) is 8.68. The van der Waals surface area contributed by atoms with Gasteiger partial charge in [-0.3, -0.25) is 14.7 Å². The smallest absolute Gasteiger partial charge is 0.350 e. The number of thiophene rings is 1. The number of pyridine rings is 1. The largest absolute Gasteiger partial charge is 0.418 e. The maximum atomic E-state index is 13.7. The molecule has 1 amide bonds. The summed E-state index contributed by atoms with van der Waals surface area (Å²) in [4.78, 5) is 28.2. The average molecular weight is 453 g/mol. The number of aromatic amines is 2. The van der Waals surface area contributed by atoms with Crippen molar-refractivity contribution < 1.29 is 18.0 Å². The Hall–Kier alpha value is -3.11. The number of rotatable bonds is 4. The second kappa shape index (κ2) is 7.62. The molecule has 4 aromatic rings. The van der Waals surface area contributed by atoms with Crippen LogP contribution in [-0.4, -0.2) is 21.1 Å². The Labute approximate surface area is 175 Å². The molecule has 3 heterocycles. The Balaban J connectivity index is 1.77. The van der Waals surface area contributed by atoms with Crippen LogP contribution in [0.4, 0.5) is 13.2 Å². The molecule has 30 heavy (non-hydrogen) atoms. The first-order valence-corrected chi connectivity index (χ1v) is 9.72. The Kier molecular flexibility index (Phi) is 5.12. The quantitative estimate of drug-likeness (QED) is 0.423. The first kappa shape index (κ1) is 20.2. The number of halogens is 4. The average Bonchev–Trinajstić information content (AvgIpc) is 3.36. The van der Waals surface area contributed by atoms with Gasteiger partial charge in [0.25, 0.3) is 5.91 Å². The van der Waals surface area contributed by atoms with Crippen molar-refractivity contribution in [1.82, 2.24) is 20.5 Å². The van der Waals surface area contributed by atoms with Gasteiger partial charge in [-0.15, -0.1) is 11.3 Å². The minimum Gasteiger partial charge on any atom is -0.350 e. The highest BCUT2D eigenvalue weighted by Gasteiger charge is 2.34. The van der Waals surface area contributed by atoms with Gasteiger partial charge in [0.1, 0.15) is 5.69 Å². The summed E-state index contributed by atoms with van der Waals surface area (Å²) in [5.41, 5.74) is -2.00. The summed E-state index contributed by atoms with van der Waals surface area (Å²) in [5.74, 6) is -0.704. The lowest BCUT2D eigenvalue weighted by Crippen LogP contribution is -2.25. The predicted octanol–water partition coefficient (Wildman–Crippen LogP) is 4.58. The number of nitrogens with zero attached hydrogens (tertiary/aromatic N) is 1. The maximum absolute atomic E-state index is 13.7. The van der Waals surface area contributed by atoms with Gasteiger partial charge in [-0.1, -0.05) is 11.6 Å². The fourth-order valence-electron chi connectivity index (χ4n) is 2.98. The second-order valence-corrected chi connectivity index (χ2v) is 8.15. The summed E-state index contributed by atoms with van der Waals surface area (Å²) in [7, 11) is 0. The van der Waals surface area contributed by atoms with Crippen LogP contribution in [-0.2, 0) is 12.7 Å². The van der Waals surface area contributed by atoms with E-state index in [1.807, 2.05) is 0 Å². The third kappa shape index (κ3) is 3.96. The first-order valence-electron chi connectivity index (χ1n) is 8.53. The highest BCUT2D eigenvalue weighted by Crippen LogP contribution is 2.36. The number of carbonyl (C=O) groups excluding carboxylic acids is 1. The van der Waals surface area contributed by atoms with Gasteiger partial charge in [-0.2, -0.15) is 18.3 Å². The lowest BCUT2D eigenvalue weighted by atomic mass is 10.0. The van der Waals surface area contributed by atoms with E-state index in [0.717, 1.165) is 17.0 Å². The van der Waals surface area contributed by atoms with Gasteiger partial charge in [0.15, 0.2) is 5.43 Å². The molecule has 0 unspecified atom stereocenters. The van der Waals surface area contributed by atoms with E-state index in [4.69, 9.17) is 11.6 Å². The van der Waals surface area contributed by atoms with E-state index in [0.29, 0.717) is 10.0 Å². The standard InChI is InChI=1S/C19H12ClF3N4O2S/c20-16-2-1-10(30-16)8-24-18(29)14-7-15(28)11-5-9(13-3-4-25-27-13)6-12(17(11)26-14)19(21,22)23/h1-7H,8H2,(H,24,29)(H,25,27)(H,26,28). The van der Waals surface area contributed by atoms with Crippen molar-refractivity contribution in [1.29, 1.82) is 0 Å². The summed E-state index contributed by atoms with van der Waals surface area (Å²) in [6, 6.07) is 8.09. The molecule has 0 aliphatic rings. The molecule has 6 nitrogen and oxygen atoms in total. The van der Waals surface area contributed by atoms with E-state index in [2.05, 4.69) is 20.5 Å². The number of hydrogen-bond acceptors (Lipinski definition) is 4. The topological polar surface area (TPSA) is 90.6 Å². The zero-order valence-electron chi connectivity index (χ0n) is 14.9. The fraction of sp³-hybridized carbons (Fsp3) is 0.105. The second-order valence-electron chi connectivity index (χ2n) is 6.35. The van der Waals surface area contributed by atoms with Gasteiger partial charge < -0.3 is 10.3 Å². The number of hydrogen-bond donors (Lipinski definition) is 3. The molecule has 3 aromatic heterocycles. The van der Waals surface area contributed by atoms with Gasteiger partial charge in [0, 0.05) is 28.1 Å². The van der Waals surface area contributed by atoms with E-state index in [9.17, 15) is 22.8 Å². The van der Waals surface area contributed by atoms with Crippen molar-refractivity contribution >= 4 is 39.7 Å². The van der Waals surface area contributed by atoms with Gasteiger partial charge in [-0.25, -0.2) is 0 Å². The minimum atomic E-state index is -4.75. The SMILES string of the molecule is O=C(NCc1ccc(Cl)s1)c1cc(=O)c2cc(-c3ccn[nH]3)cc(C(F)(F)F)c2[nH]1. The zero-order valence-corrected chi connectivity index (χ0v) is 16.5. The highest BCUT2D eigenvalue weighted by molar-refractivity contribution is 7.16. The van der Waals surface area contributed by atoms with Gasteiger partial charge >= 0.3 is 6.18 Å². The number of amides is 1. The van der Waals surface area contributed by atoms with E-state index >= 15 is 0 Å². The zero-order chi connectivity index (χ0) is 21.5. The molecule has 0 saturated carbocycles. The van der Waals surface area contributed by atoms with Crippen molar-refractivity contribution in [2.75, 3.05) is 0 Å². The lowest BCUT2D eigenvalue weighted by molar-refractivity contribution is -0.136. The van der Waals surface area contributed by atoms with Crippen molar-refractivity contribution in [2.45, 2.75) is 12.7 Å². The number of benzene rings is 1. The van der Waals surface area contributed by atoms with E-state index in [-0.39, 0.29) is 23.2 Å². The summed E-state index contributed by atoms with van der Waals surface area (Å²) in [6.45, 7) is 0.126. The fourth-order valence-corrected chi connectivity index (χ4v) is 4.01. The Morgan fingerprint density at radius 3 is 2.63 bits per heavy atom. The molecular weight excluding hydrogens is 441 g/mol. The van der Waals surface area contributed by atoms with Crippen LogP contribution in [0.25, 0.3) is 22.2 Å². The highest BCUT2D eigenvalue weighted by atomic mass is 35.5. The van der Waals surface area contributed by atoms with E-state index in [1.54, 1.807) is 12.1 Å². The van der Waals surface area contributed by atoms with Crippen LogP contribution in [0.5, 0.6) is 0 Å². The van der Waals surface area contributed by atoms with Gasteiger partial charge in [0.2, 0.25) is 0 Å². The number of H-pyrrole nitrogens is 2. The predicted molar refractivity (Wildman–Crippen MR) is 108 cm³/mol. The molecule has 0 saturated heterocycles. The number of fused-ring (bicyclic) bond motifs is 1. The Morgan fingerprint density at radius 2 is 2.00 bits per heavy atom. The molecular formula is C19H12ClF3N4O2S. The molecule has 0 fully saturated rings. The summed E-state index contributed by atoms with van der Waals surface area (Å²) in [6.07, 6.45) is -3.36. The van der Waals surface area contributed by atoms with Crippen LogP contribution in [0.3, 0.4) is 0 Å². The Bertz CT molecular complexity index is 1300. The third-order valence-corrected chi connectivity index (χ3v) is 5.58. The number of nitrogens with one attached hydrogen (secondary N) is 3. The molecule has 4 rings (SSSR count). The van der Waals surface area contributed by atoms with Crippen LogP contribution < -0.4 is 10.7 Å². The molecule has 0 spiro atoms.